The second-order valence-corrected chi connectivity index (χ2v) is 6.53. The summed E-state index contributed by atoms with van der Waals surface area (Å²) in [6.45, 7) is 0.798. The summed E-state index contributed by atoms with van der Waals surface area (Å²) in [5, 5.41) is 2.75. The third-order valence-corrected chi connectivity index (χ3v) is 4.71. The van der Waals surface area contributed by atoms with Crippen molar-refractivity contribution in [2.75, 3.05) is 6.54 Å². The van der Waals surface area contributed by atoms with Crippen LogP contribution in [0.15, 0.2) is 41.8 Å². The minimum Gasteiger partial charge on any atom is -0.335 e. The van der Waals surface area contributed by atoms with Crippen molar-refractivity contribution in [2.45, 2.75) is 25.3 Å². The molecule has 1 heterocycles. The van der Waals surface area contributed by atoms with Crippen molar-refractivity contribution in [3.63, 3.8) is 0 Å². The average molecular weight is 306 g/mol. The van der Waals surface area contributed by atoms with E-state index in [9.17, 15) is 4.79 Å². The molecule has 0 bridgehead atoms. The van der Waals surface area contributed by atoms with Gasteiger partial charge in [-0.15, -0.1) is 11.3 Å². The lowest BCUT2D eigenvalue weighted by atomic mass is 10.2. The van der Waals surface area contributed by atoms with Crippen LogP contribution in [-0.2, 0) is 6.42 Å². The number of thiophene rings is 1. The lowest BCUT2D eigenvalue weighted by Crippen LogP contribution is -2.34. The van der Waals surface area contributed by atoms with E-state index < -0.39 is 0 Å². The molecule has 1 aromatic heterocycles. The van der Waals surface area contributed by atoms with Gasteiger partial charge in [-0.05, 0) is 55.0 Å². The van der Waals surface area contributed by atoms with E-state index in [4.69, 9.17) is 11.6 Å². The molecule has 2 nitrogen and oxygen atoms in total. The highest BCUT2D eigenvalue weighted by atomic mass is 35.5. The van der Waals surface area contributed by atoms with Crippen LogP contribution in [0.2, 0.25) is 5.02 Å². The molecule has 1 saturated carbocycles. The van der Waals surface area contributed by atoms with E-state index in [1.54, 1.807) is 23.5 Å². The van der Waals surface area contributed by atoms with E-state index in [1.165, 1.54) is 4.88 Å². The molecule has 0 aliphatic heterocycles. The molecule has 2 aromatic rings. The Hall–Kier alpha value is -1.32. The van der Waals surface area contributed by atoms with E-state index in [2.05, 4.69) is 17.5 Å². The molecule has 1 aliphatic rings. The van der Waals surface area contributed by atoms with E-state index >= 15 is 0 Å². The topological polar surface area (TPSA) is 20.3 Å². The van der Waals surface area contributed by atoms with Crippen LogP contribution >= 0.6 is 22.9 Å². The van der Waals surface area contributed by atoms with Crippen molar-refractivity contribution in [3.05, 3.63) is 57.2 Å². The quantitative estimate of drug-likeness (QED) is 0.808. The van der Waals surface area contributed by atoms with Crippen LogP contribution in [0.3, 0.4) is 0 Å². The summed E-state index contributed by atoms with van der Waals surface area (Å²) >= 11 is 7.63. The molecule has 3 rings (SSSR count). The molecule has 1 fully saturated rings. The van der Waals surface area contributed by atoms with Crippen molar-refractivity contribution in [3.8, 4) is 0 Å². The summed E-state index contributed by atoms with van der Waals surface area (Å²) in [5.41, 5.74) is 0.729. The molecule has 0 N–H and O–H groups in total. The Morgan fingerprint density at radius 3 is 2.60 bits per heavy atom. The van der Waals surface area contributed by atoms with Crippen LogP contribution in [0.4, 0.5) is 0 Å². The molecule has 104 valence electrons. The van der Waals surface area contributed by atoms with Crippen LogP contribution in [0.1, 0.15) is 28.1 Å². The second kappa shape index (κ2) is 5.98. The zero-order valence-corrected chi connectivity index (χ0v) is 12.7. The van der Waals surface area contributed by atoms with Gasteiger partial charge in [0.05, 0.1) is 0 Å². The number of carbonyl (C=O) groups excluding carboxylic acids is 1. The largest absolute Gasteiger partial charge is 0.335 e. The highest BCUT2D eigenvalue weighted by Crippen LogP contribution is 2.29. The maximum atomic E-state index is 12.6. The zero-order chi connectivity index (χ0) is 13.9. The Balaban J connectivity index is 1.69. The molecule has 0 saturated heterocycles. The van der Waals surface area contributed by atoms with Gasteiger partial charge < -0.3 is 4.90 Å². The van der Waals surface area contributed by atoms with E-state index in [0.29, 0.717) is 11.1 Å². The minimum atomic E-state index is 0.126. The van der Waals surface area contributed by atoms with Crippen LogP contribution < -0.4 is 0 Å². The summed E-state index contributed by atoms with van der Waals surface area (Å²) in [7, 11) is 0. The average Bonchev–Trinajstić information content (AvgIpc) is 3.15. The van der Waals surface area contributed by atoms with Gasteiger partial charge in [-0.1, -0.05) is 17.7 Å². The normalized spacial score (nSPS) is 14.2. The third-order valence-electron chi connectivity index (χ3n) is 3.52. The molecule has 0 atom stereocenters. The lowest BCUT2D eigenvalue weighted by molar-refractivity contribution is 0.0745. The number of amides is 1. The van der Waals surface area contributed by atoms with Gasteiger partial charge in [-0.25, -0.2) is 0 Å². The number of rotatable bonds is 5. The molecule has 0 unspecified atom stereocenters. The van der Waals surface area contributed by atoms with Crippen LogP contribution in [0.25, 0.3) is 0 Å². The Bertz CT molecular complexity index is 575. The Morgan fingerprint density at radius 1 is 1.25 bits per heavy atom. The van der Waals surface area contributed by atoms with E-state index in [-0.39, 0.29) is 5.91 Å². The van der Waals surface area contributed by atoms with E-state index in [0.717, 1.165) is 31.4 Å². The van der Waals surface area contributed by atoms with Gasteiger partial charge in [0.2, 0.25) is 0 Å². The van der Waals surface area contributed by atoms with Crippen molar-refractivity contribution >= 4 is 28.8 Å². The SMILES string of the molecule is O=C(c1ccc(Cl)cc1)N(CCc1cccs1)C1CC1. The smallest absolute Gasteiger partial charge is 0.254 e. The fourth-order valence-electron chi connectivity index (χ4n) is 2.28. The number of carbonyl (C=O) groups is 1. The monoisotopic (exact) mass is 305 g/mol. The lowest BCUT2D eigenvalue weighted by Gasteiger charge is -2.22. The van der Waals surface area contributed by atoms with Gasteiger partial charge in [0.1, 0.15) is 0 Å². The first-order valence-corrected chi connectivity index (χ1v) is 8.09. The van der Waals surface area contributed by atoms with Gasteiger partial charge in [0, 0.05) is 28.0 Å². The van der Waals surface area contributed by atoms with Gasteiger partial charge in [0.15, 0.2) is 0 Å². The van der Waals surface area contributed by atoms with Crippen molar-refractivity contribution in [1.29, 1.82) is 0 Å². The zero-order valence-electron chi connectivity index (χ0n) is 11.1. The Morgan fingerprint density at radius 2 is 2.00 bits per heavy atom. The third kappa shape index (κ3) is 3.22. The highest BCUT2D eigenvalue weighted by Gasteiger charge is 2.32. The van der Waals surface area contributed by atoms with Crippen LogP contribution in [-0.4, -0.2) is 23.4 Å². The number of hydrogen-bond donors (Lipinski definition) is 0. The summed E-state index contributed by atoms with van der Waals surface area (Å²) < 4.78 is 0. The Kier molecular flexibility index (Phi) is 4.08. The first-order valence-electron chi connectivity index (χ1n) is 6.83. The molecule has 0 radical (unpaired) electrons. The molecular formula is C16H16ClNOS. The summed E-state index contributed by atoms with van der Waals surface area (Å²) in [6.07, 6.45) is 3.20. The maximum absolute atomic E-state index is 12.6. The number of benzene rings is 1. The second-order valence-electron chi connectivity index (χ2n) is 5.07. The molecular weight excluding hydrogens is 290 g/mol. The molecule has 20 heavy (non-hydrogen) atoms. The van der Waals surface area contributed by atoms with Crippen LogP contribution in [0, 0.1) is 0 Å². The van der Waals surface area contributed by atoms with Gasteiger partial charge in [-0.3, -0.25) is 4.79 Å². The molecule has 1 amide bonds. The Labute approximate surface area is 128 Å². The summed E-state index contributed by atoms with van der Waals surface area (Å²) in [4.78, 5) is 15.9. The molecule has 1 aliphatic carbocycles. The predicted octanol–water partition coefficient (Wildman–Crippen LogP) is 4.25. The number of nitrogens with zero attached hydrogens (tertiary/aromatic N) is 1. The van der Waals surface area contributed by atoms with Crippen molar-refractivity contribution in [2.24, 2.45) is 0 Å². The van der Waals surface area contributed by atoms with E-state index in [1.807, 2.05) is 17.0 Å². The fraction of sp³-hybridized carbons (Fsp3) is 0.312. The van der Waals surface area contributed by atoms with Crippen molar-refractivity contribution in [1.82, 2.24) is 4.90 Å². The minimum absolute atomic E-state index is 0.126. The summed E-state index contributed by atoms with van der Waals surface area (Å²) in [5.74, 6) is 0.126. The number of hydrogen-bond acceptors (Lipinski definition) is 2. The summed E-state index contributed by atoms with van der Waals surface area (Å²) in [6, 6.07) is 11.8. The van der Waals surface area contributed by atoms with Crippen molar-refractivity contribution < 1.29 is 4.79 Å². The molecule has 0 spiro atoms. The predicted molar refractivity (Wildman–Crippen MR) is 83.5 cm³/mol. The standard InChI is InChI=1S/C16H16ClNOS/c17-13-5-3-12(4-6-13)16(19)18(14-7-8-14)10-9-15-2-1-11-20-15/h1-6,11,14H,7-10H2. The van der Waals surface area contributed by atoms with Gasteiger partial charge in [0.25, 0.3) is 5.91 Å². The first kappa shape index (κ1) is 13.7. The maximum Gasteiger partial charge on any atom is 0.254 e. The fourth-order valence-corrected chi connectivity index (χ4v) is 3.10. The van der Waals surface area contributed by atoms with Crippen LogP contribution in [0.5, 0.6) is 0 Å². The van der Waals surface area contributed by atoms with Gasteiger partial charge >= 0.3 is 0 Å². The molecule has 1 aromatic carbocycles. The first-order chi connectivity index (χ1) is 9.74. The van der Waals surface area contributed by atoms with Gasteiger partial charge in [-0.2, -0.15) is 0 Å². The highest BCUT2D eigenvalue weighted by molar-refractivity contribution is 7.09. The number of halogens is 1. The molecule has 4 heteroatoms.